The molecule has 2 aromatic heterocycles. The van der Waals surface area contributed by atoms with Gasteiger partial charge in [-0.15, -0.1) is 0 Å². The molecule has 1 saturated carbocycles. The zero-order valence-electron chi connectivity index (χ0n) is 12.7. The first-order valence-corrected chi connectivity index (χ1v) is 8.69. The Morgan fingerprint density at radius 1 is 1.42 bits per heavy atom. The number of hydrogen-bond donors (Lipinski definition) is 1. The van der Waals surface area contributed by atoms with Crippen molar-refractivity contribution in [1.29, 1.82) is 0 Å². The molecule has 4 rings (SSSR count). The van der Waals surface area contributed by atoms with E-state index in [0.717, 1.165) is 26.9 Å². The fourth-order valence-corrected chi connectivity index (χ4v) is 3.86. The van der Waals surface area contributed by atoms with E-state index in [1.807, 2.05) is 31.2 Å². The van der Waals surface area contributed by atoms with E-state index >= 15 is 0 Å². The number of halogens is 2. The molecule has 2 atom stereocenters. The summed E-state index contributed by atoms with van der Waals surface area (Å²) in [5.74, 6) is -0.822. The van der Waals surface area contributed by atoms with Crippen LogP contribution in [0.4, 0.5) is 9.52 Å². The summed E-state index contributed by atoms with van der Waals surface area (Å²) in [7, 11) is 0. The number of amides is 1. The summed E-state index contributed by atoms with van der Waals surface area (Å²) in [5, 5.41) is 3.64. The van der Waals surface area contributed by atoms with Crippen molar-refractivity contribution in [2.24, 2.45) is 5.92 Å². The number of pyridine rings is 1. The van der Waals surface area contributed by atoms with Gasteiger partial charge in [-0.2, -0.15) is 0 Å². The molecule has 0 unspecified atom stereocenters. The summed E-state index contributed by atoms with van der Waals surface area (Å²) in [4.78, 5) is 20.3. The van der Waals surface area contributed by atoms with E-state index in [-0.39, 0.29) is 5.91 Å². The molecule has 1 aliphatic carbocycles. The largest absolute Gasteiger partial charge is 0.302 e. The third-order valence-corrected chi connectivity index (χ3v) is 5.29. The molecule has 1 aromatic carbocycles. The maximum Gasteiger partial charge on any atom is 0.232 e. The molecule has 0 bridgehead atoms. The van der Waals surface area contributed by atoms with Gasteiger partial charge in [0.2, 0.25) is 5.91 Å². The first kappa shape index (κ1) is 15.5. The van der Waals surface area contributed by atoms with Crippen LogP contribution >= 0.6 is 22.9 Å². The van der Waals surface area contributed by atoms with Crippen LogP contribution in [0.2, 0.25) is 5.15 Å². The molecule has 24 heavy (non-hydrogen) atoms. The van der Waals surface area contributed by atoms with Crippen molar-refractivity contribution >= 4 is 44.2 Å². The van der Waals surface area contributed by atoms with Gasteiger partial charge in [-0.25, -0.2) is 14.4 Å². The highest BCUT2D eigenvalue weighted by molar-refractivity contribution is 7.22. The van der Waals surface area contributed by atoms with E-state index in [1.165, 1.54) is 11.3 Å². The Labute approximate surface area is 146 Å². The number of carbonyl (C=O) groups is 1. The molecule has 2 heterocycles. The summed E-state index contributed by atoms with van der Waals surface area (Å²) in [6.45, 7) is 1.98. The average molecular weight is 362 g/mol. The lowest BCUT2D eigenvalue weighted by Crippen LogP contribution is -2.14. The SMILES string of the molecule is Cc1ccnc(Cl)c1-c1ccc2nc(NC(=O)[C@@H]3C[C@@H]3F)sc2c1. The number of carbonyl (C=O) groups excluding carboxylic acids is 1. The molecule has 122 valence electrons. The maximum atomic E-state index is 13.0. The number of aromatic nitrogens is 2. The van der Waals surface area contributed by atoms with E-state index in [2.05, 4.69) is 15.3 Å². The fourth-order valence-electron chi connectivity index (χ4n) is 2.64. The number of nitrogens with one attached hydrogen (secondary N) is 1. The fraction of sp³-hybridized carbons (Fsp3) is 0.235. The molecule has 1 fully saturated rings. The lowest BCUT2D eigenvalue weighted by molar-refractivity contribution is -0.117. The number of rotatable bonds is 3. The van der Waals surface area contributed by atoms with Crippen molar-refractivity contribution < 1.29 is 9.18 Å². The molecule has 3 aromatic rings. The van der Waals surface area contributed by atoms with Gasteiger partial charge in [-0.1, -0.05) is 29.0 Å². The first-order chi connectivity index (χ1) is 11.5. The predicted molar refractivity (Wildman–Crippen MR) is 94.2 cm³/mol. The third kappa shape index (κ3) is 2.76. The smallest absolute Gasteiger partial charge is 0.232 e. The van der Waals surface area contributed by atoms with E-state index in [1.54, 1.807) is 6.20 Å². The van der Waals surface area contributed by atoms with Gasteiger partial charge in [0.15, 0.2) is 5.13 Å². The van der Waals surface area contributed by atoms with Crippen LogP contribution in [0.3, 0.4) is 0 Å². The quantitative estimate of drug-likeness (QED) is 0.693. The lowest BCUT2D eigenvalue weighted by atomic mass is 10.0. The van der Waals surface area contributed by atoms with Gasteiger partial charge < -0.3 is 5.32 Å². The van der Waals surface area contributed by atoms with Gasteiger partial charge in [0.1, 0.15) is 11.3 Å². The van der Waals surface area contributed by atoms with Crippen LogP contribution < -0.4 is 5.32 Å². The van der Waals surface area contributed by atoms with Gasteiger partial charge >= 0.3 is 0 Å². The van der Waals surface area contributed by atoms with Gasteiger partial charge in [0.25, 0.3) is 0 Å². The van der Waals surface area contributed by atoms with Crippen LogP contribution in [0.15, 0.2) is 30.5 Å². The Balaban J connectivity index is 1.67. The van der Waals surface area contributed by atoms with Gasteiger partial charge in [0.05, 0.1) is 16.1 Å². The van der Waals surface area contributed by atoms with Crippen LogP contribution in [0.5, 0.6) is 0 Å². The summed E-state index contributed by atoms with van der Waals surface area (Å²) in [6, 6.07) is 7.71. The topological polar surface area (TPSA) is 54.9 Å². The van der Waals surface area contributed by atoms with Crippen LogP contribution in [-0.4, -0.2) is 22.0 Å². The number of benzene rings is 1. The predicted octanol–water partition coefficient (Wildman–Crippen LogP) is 4.62. The Morgan fingerprint density at radius 3 is 2.92 bits per heavy atom. The molecule has 1 N–H and O–H groups in total. The standard InChI is InChI=1S/C17H13ClFN3OS/c1-8-4-5-20-15(18)14(8)9-2-3-12-13(6-9)24-17(21-12)22-16(23)10-7-11(10)19/h2-6,10-11H,7H2,1H3,(H,21,22,23)/t10-,11+/m1/s1. The second kappa shape index (κ2) is 5.79. The molecule has 0 aliphatic heterocycles. The van der Waals surface area contributed by atoms with Gasteiger partial charge in [-0.05, 0) is 42.7 Å². The summed E-state index contributed by atoms with van der Waals surface area (Å²) in [5.41, 5.74) is 3.66. The molecule has 0 radical (unpaired) electrons. The van der Waals surface area contributed by atoms with Gasteiger partial charge in [-0.3, -0.25) is 4.79 Å². The summed E-state index contributed by atoms with van der Waals surface area (Å²) in [6.07, 6.45) is 0.970. The molecule has 4 nitrogen and oxygen atoms in total. The average Bonchev–Trinajstić information content (AvgIpc) is 3.13. The molecule has 0 spiro atoms. The number of hydrogen-bond acceptors (Lipinski definition) is 4. The highest BCUT2D eigenvalue weighted by atomic mass is 35.5. The Bertz CT molecular complexity index is 938. The maximum absolute atomic E-state index is 13.0. The Kier molecular flexibility index (Phi) is 3.73. The number of aryl methyl sites for hydroxylation is 1. The number of nitrogens with zero attached hydrogens (tertiary/aromatic N) is 2. The highest BCUT2D eigenvalue weighted by Crippen LogP contribution is 2.37. The van der Waals surface area contributed by atoms with Crippen LogP contribution in [0.25, 0.3) is 21.3 Å². The van der Waals surface area contributed by atoms with Gasteiger partial charge in [0, 0.05) is 11.8 Å². The van der Waals surface area contributed by atoms with Crippen LogP contribution in [0.1, 0.15) is 12.0 Å². The minimum atomic E-state index is -1.01. The molecule has 1 aliphatic rings. The zero-order chi connectivity index (χ0) is 16.8. The third-order valence-electron chi connectivity index (χ3n) is 4.07. The molecular weight excluding hydrogens is 349 g/mol. The van der Waals surface area contributed by atoms with Crippen molar-refractivity contribution in [3.05, 3.63) is 41.2 Å². The summed E-state index contributed by atoms with van der Waals surface area (Å²) < 4.78 is 13.9. The van der Waals surface area contributed by atoms with E-state index < -0.39 is 12.1 Å². The second-order valence-corrected chi connectivity index (χ2v) is 7.23. The number of alkyl halides is 1. The van der Waals surface area contributed by atoms with Crippen molar-refractivity contribution in [3.63, 3.8) is 0 Å². The monoisotopic (exact) mass is 361 g/mol. The molecule has 0 saturated heterocycles. The van der Waals surface area contributed by atoms with Crippen LogP contribution in [-0.2, 0) is 4.79 Å². The Morgan fingerprint density at radius 2 is 2.21 bits per heavy atom. The molecule has 1 amide bonds. The second-order valence-electron chi connectivity index (χ2n) is 5.84. The zero-order valence-corrected chi connectivity index (χ0v) is 14.3. The molecule has 7 heteroatoms. The lowest BCUT2D eigenvalue weighted by Gasteiger charge is -2.07. The van der Waals surface area contributed by atoms with E-state index in [4.69, 9.17) is 11.6 Å². The van der Waals surface area contributed by atoms with E-state index in [0.29, 0.717) is 16.7 Å². The first-order valence-electron chi connectivity index (χ1n) is 7.50. The number of fused-ring (bicyclic) bond motifs is 1. The number of anilines is 1. The van der Waals surface area contributed by atoms with Crippen molar-refractivity contribution in [3.8, 4) is 11.1 Å². The summed E-state index contributed by atoms with van der Waals surface area (Å²) >= 11 is 7.59. The normalized spacial score (nSPS) is 19.5. The van der Waals surface area contributed by atoms with Crippen molar-refractivity contribution in [1.82, 2.24) is 9.97 Å². The van der Waals surface area contributed by atoms with Crippen molar-refractivity contribution in [2.75, 3.05) is 5.32 Å². The van der Waals surface area contributed by atoms with Crippen LogP contribution in [0, 0.1) is 12.8 Å². The Hall–Kier alpha value is -2.05. The minimum Gasteiger partial charge on any atom is -0.302 e. The highest BCUT2D eigenvalue weighted by Gasteiger charge is 2.43. The molecular formula is C17H13ClFN3OS. The minimum absolute atomic E-state index is 0.298. The van der Waals surface area contributed by atoms with E-state index in [9.17, 15) is 9.18 Å². The van der Waals surface area contributed by atoms with Crippen molar-refractivity contribution in [2.45, 2.75) is 19.5 Å². The number of thiazole rings is 1.